The zero-order valence-corrected chi connectivity index (χ0v) is 13.1. The third-order valence-corrected chi connectivity index (χ3v) is 3.22. The maximum Gasteiger partial charge on any atom is 0.191 e. The van der Waals surface area contributed by atoms with E-state index in [1.165, 1.54) is 12.8 Å². The minimum absolute atomic E-state index is 0. The summed E-state index contributed by atoms with van der Waals surface area (Å²) in [5.41, 5.74) is 6.77. The smallest absolute Gasteiger partial charge is 0.191 e. The molecule has 102 valence electrons. The van der Waals surface area contributed by atoms with Gasteiger partial charge >= 0.3 is 0 Å². The van der Waals surface area contributed by atoms with Gasteiger partial charge in [0.25, 0.3) is 0 Å². The number of guanidine groups is 1. The Labute approximate surface area is 128 Å². The Morgan fingerprint density at radius 1 is 1.47 bits per heavy atom. The summed E-state index contributed by atoms with van der Waals surface area (Å²) in [6, 6.07) is 6.37. The monoisotopic (exact) mass is 372 g/mol. The highest BCUT2D eigenvalue weighted by atomic mass is 127. The number of rotatable bonds is 3. The zero-order valence-electron chi connectivity index (χ0n) is 10.7. The summed E-state index contributed by atoms with van der Waals surface area (Å²) in [5, 5.41) is 8.20. The van der Waals surface area contributed by atoms with E-state index in [0.717, 1.165) is 11.5 Å². The Morgan fingerprint density at radius 2 is 2.26 bits per heavy atom. The number of aliphatic imine (C=N–C) groups is 1. The highest BCUT2D eigenvalue weighted by Gasteiger charge is 2.27. The molecule has 0 radical (unpaired) electrons. The van der Waals surface area contributed by atoms with Gasteiger partial charge in [-0.3, -0.25) is 4.40 Å². The SMILES string of the molecule is CN(C(N)=NCc1nnc2ccccn12)C1CC1.I. The summed E-state index contributed by atoms with van der Waals surface area (Å²) in [4.78, 5) is 6.41. The molecular weight excluding hydrogens is 355 g/mol. The molecule has 1 aliphatic carbocycles. The largest absolute Gasteiger partial charge is 0.370 e. The lowest BCUT2D eigenvalue weighted by molar-refractivity contribution is 0.487. The quantitative estimate of drug-likeness (QED) is 0.500. The molecule has 0 amide bonds. The van der Waals surface area contributed by atoms with Gasteiger partial charge in [0.05, 0.1) is 0 Å². The number of hydrogen-bond acceptors (Lipinski definition) is 3. The number of hydrogen-bond donors (Lipinski definition) is 1. The summed E-state index contributed by atoms with van der Waals surface area (Å²) in [6.45, 7) is 0.452. The molecule has 3 rings (SSSR count). The van der Waals surface area contributed by atoms with Crippen LogP contribution in [-0.4, -0.2) is 38.5 Å². The van der Waals surface area contributed by atoms with Crippen LogP contribution in [0.3, 0.4) is 0 Å². The van der Waals surface area contributed by atoms with Gasteiger partial charge in [0.1, 0.15) is 6.54 Å². The molecule has 0 saturated heterocycles. The lowest BCUT2D eigenvalue weighted by Gasteiger charge is -2.16. The number of nitrogens with two attached hydrogens (primary N) is 1. The minimum Gasteiger partial charge on any atom is -0.370 e. The van der Waals surface area contributed by atoms with E-state index in [9.17, 15) is 0 Å². The molecule has 6 nitrogen and oxygen atoms in total. The summed E-state index contributed by atoms with van der Waals surface area (Å²) in [6.07, 6.45) is 4.35. The number of fused-ring (bicyclic) bond motifs is 1. The van der Waals surface area contributed by atoms with Crippen LogP contribution in [0.5, 0.6) is 0 Å². The first-order chi connectivity index (χ1) is 8.75. The Balaban J connectivity index is 0.00000133. The average molecular weight is 372 g/mol. The highest BCUT2D eigenvalue weighted by Crippen LogP contribution is 2.24. The maximum absolute atomic E-state index is 5.94. The molecule has 0 atom stereocenters. The van der Waals surface area contributed by atoms with Crippen LogP contribution in [0.15, 0.2) is 29.4 Å². The van der Waals surface area contributed by atoms with Crippen molar-refractivity contribution in [2.75, 3.05) is 7.05 Å². The van der Waals surface area contributed by atoms with E-state index >= 15 is 0 Å². The molecule has 0 spiro atoms. The lowest BCUT2D eigenvalue weighted by Crippen LogP contribution is -2.35. The van der Waals surface area contributed by atoms with Gasteiger partial charge in [-0.2, -0.15) is 0 Å². The zero-order chi connectivity index (χ0) is 12.5. The Kier molecular flexibility index (Phi) is 4.23. The average Bonchev–Trinajstić information content (AvgIpc) is 3.16. The van der Waals surface area contributed by atoms with Gasteiger partial charge in [0, 0.05) is 19.3 Å². The summed E-state index contributed by atoms with van der Waals surface area (Å²) < 4.78 is 1.92. The van der Waals surface area contributed by atoms with Crippen molar-refractivity contribution in [3.05, 3.63) is 30.2 Å². The van der Waals surface area contributed by atoms with Gasteiger partial charge in [-0.25, -0.2) is 4.99 Å². The molecule has 0 aromatic carbocycles. The van der Waals surface area contributed by atoms with Crippen LogP contribution < -0.4 is 5.73 Å². The highest BCUT2D eigenvalue weighted by molar-refractivity contribution is 14.0. The predicted molar refractivity (Wildman–Crippen MR) is 84.5 cm³/mol. The van der Waals surface area contributed by atoms with Crippen molar-refractivity contribution in [1.82, 2.24) is 19.5 Å². The topological polar surface area (TPSA) is 71.8 Å². The first-order valence-electron chi connectivity index (χ1n) is 6.07. The molecule has 2 heterocycles. The van der Waals surface area contributed by atoms with Crippen LogP contribution in [0.1, 0.15) is 18.7 Å². The number of pyridine rings is 1. The van der Waals surface area contributed by atoms with Crippen LogP contribution in [-0.2, 0) is 6.54 Å². The van der Waals surface area contributed by atoms with Crippen molar-refractivity contribution in [1.29, 1.82) is 0 Å². The predicted octanol–water partition coefficient (Wildman–Crippen LogP) is 1.26. The Hall–Kier alpha value is -1.38. The number of halogens is 1. The van der Waals surface area contributed by atoms with Crippen molar-refractivity contribution >= 4 is 35.6 Å². The van der Waals surface area contributed by atoms with Crippen LogP contribution in [0.2, 0.25) is 0 Å². The van der Waals surface area contributed by atoms with E-state index in [1.54, 1.807) is 0 Å². The molecule has 2 N–H and O–H groups in total. The lowest BCUT2D eigenvalue weighted by atomic mass is 10.4. The van der Waals surface area contributed by atoms with Crippen molar-refractivity contribution in [3.8, 4) is 0 Å². The minimum atomic E-state index is 0. The molecule has 0 aliphatic heterocycles. The standard InChI is InChI=1S/C12H16N6.HI/c1-17(9-5-6-9)12(13)14-8-11-16-15-10-4-2-3-7-18(10)11;/h2-4,7,9H,5-6,8H2,1H3,(H2,13,14);1H. The fraction of sp³-hybridized carbons (Fsp3) is 0.417. The molecule has 1 fully saturated rings. The van der Waals surface area contributed by atoms with Gasteiger partial charge in [0.2, 0.25) is 0 Å². The molecule has 19 heavy (non-hydrogen) atoms. The molecule has 7 heteroatoms. The second-order valence-electron chi connectivity index (χ2n) is 4.56. The van der Waals surface area contributed by atoms with Crippen molar-refractivity contribution in [3.63, 3.8) is 0 Å². The number of aromatic nitrogens is 3. The molecular formula is C12H17IN6. The Bertz CT molecular complexity index is 589. The molecule has 2 aromatic rings. The second kappa shape index (κ2) is 5.72. The van der Waals surface area contributed by atoms with Gasteiger partial charge in [0.15, 0.2) is 17.4 Å². The maximum atomic E-state index is 5.94. The summed E-state index contributed by atoms with van der Waals surface area (Å²) >= 11 is 0. The van der Waals surface area contributed by atoms with E-state index in [2.05, 4.69) is 15.2 Å². The van der Waals surface area contributed by atoms with E-state index in [4.69, 9.17) is 5.73 Å². The number of nitrogens with zero attached hydrogens (tertiary/aromatic N) is 5. The first kappa shape index (κ1) is 14.0. The van der Waals surface area contributed by atoms with Crippen LogP contribution in [0.4, 0.5) is 0 Å². The Morgan fingerprint density at radius 3 is 3.00 bits per heavy atom. The summed E-state index contributed by atoms with van der Waals surface area (Å²) in [5.74, 6) is 1.38. The van der Waals surface area contributed by atoms with E-state index < -0.39 is 0 Å². The van der Waals surface area contributed by atoms with E-state index in [1.807, 2.05) is 40.7 Å². The van der Waals surface area contributed by atoms with Gasteiger partial charge in [-0.1, -0.05) is 6.07 Å². The molecule has 1 aliphatic rings. The van der Waals surface area contributed by atoms with Gasteiger partial charge in [-0.05, 0) is 25.0 Å². The molecule has 2 aromatic heterocycles. The summed E-state index contributed by atoms with van der Waals surface area (Å²) in [7, 11) is 1.98. The fourth-order valence-electron chi connectivity index (χ4n) is 1.91. The van der Waals surface area contributed by atoms with E-state index in [0.29, 0.717) is 18.5 Å². The van der Waals surface area contributed by atoms with Crippen molar-refractivity contribution in [2.45, 2.75) is 25.4 Å². The second-order valence-corrected chi connectivity index (χ2v) is 4.56. The molecule has 0 unspecified atom stereocenters. The third-order valence-electron chi connectivity index (χ3n) is 3.22. The van der Waals surface area contributed by atoms with Crippen LogP contribution in [0, 0.1) is 0 Å². The van der Waals surface area contributed by atoms with E-state index in [-0.39, 0.29) is 24.0 Å². The van der Waals surface area contributed by atoms with Crippen molar-refractivity contribution in [2.24, 2.45) is 10.7 Å². The van der Waals surface area contributed by atoms with Crippen molar-refractivity contribution < 1.29 is 0 Å². The molecule has 0 bridgehead atoms. The van der Waals surface area contributed by atoms with Crippen LogP contribution in [0.25, 0.3) is 5.65 Å². The van der Waals surface area contributed by atoms with Crippen LogP contribution >= 0.6 is 24.0 Å². The normalized spacial score (nSPS) is 15.3. The first-order valence-corrected chi connectivity index (χ1v) is 6.07. The fourth-order valence-corrected chi connectivity index (χ4v) is 1.91. The molecule has 1 saturated carbocycles. The van der Waals surface area contributed by atoms with Gasteiger partial charge in [-0.15, -0.1) is 34.2 Å². The van der Waals surface area contributed by atoms with Gasteiger partial charge < -0.3 is 10.6 Å². The third kappa shape index (κ3) is 2.96.